The van der Waals surface area contributed by atoms with Gasteiger partial charge in [-0.1, -0.05) is 6.58 Å². The lowest BCUT2D eigenvalue weighted by Crippen LogP contribution is -2.42. The van der Waals surface area contributed by atoms with Crippen LogP contribution in [0, 0.1) is 0 Å². The minimum atomic E-state index is -1.44. The Balaban J connectivity index is 3.77. The second-order valence-corrected chi connectivity index (χ2v) is 14.2. The number of hydrogen-bond acceptors (Lipinski definition) is 2. The van der Waals surface area contributed by atoms with Crippen molar-refractivity contribution in [2.75, 3.05) is 6.61 Å². The first-order valence-corrected chi connectivity index (χ1v) is 11.7. The van der Waals surface area contributed by atoms with Crippen LogP contribution in [0.3, 0.4) is 0 Å². The molecular weight excluding hydrogens is 208 g/mol. The van der Waals surface area contributed by atoms with E-state index in [1.54, 1.807) is 0 Å². The number of rotatable bonds is 7. The first kappa shape index (κ1) is 13.9. The second kappa shape index (κ2) is 5.73. The molecule has 2 nitrogen and oxygen atoms in total. The summed E-state index contributed by atoms with van der Waals surface area (Å²) in [7, 11) is -2.80. The molecule has 0 amide bonds. The summed E-state index contributed by atoms with van der Waals surface area (Å²) in [5.74, 6) is 0. The zero-order valence-electron chi connectivity index (χ0n) is 10.2. The maximum atomic E-state index is 6.20. The van der Waals surface area contributed by atoms with Gasteiger partial charge in [-0.05, 0) is 45.2 Å². The topological polar surface area (TPSA) is 18.5 Å². The van der Waals surface area contributed by atoms with Crippen molar-refractivity contribution in [3.8, 4) is 0 Å². The lowest BCUT2D eigenvalue weighted by molar-refractivity contribution is 0.249. The Bertz CT molecular complexity index is 173. The zero-order chi connectivity index (χ0) is 11.2. The van der Waals surface area contributed by atoms with E-state index in [-0.39, 0.29) is 0 Å². The smallest absolute Gasteiger partial charge is 0.173 e. The second-order valence-electron chi connectivity index (χ2n) is 5.12. The summed E-state index contributed by atoms with van der Waals surface area (Å²) in [5.41, 5.74) is 0. The Hall–Kier alpha value is -0.0662. The summed E-state index contributed by atoms with van der Waals surface area (Å²) in [5, 5.41) is 0. The van der Waals surface area contributed by atoms with E-state index in [9.17, 15) is 0 Å². The molecule has 0 aromatic heterocycles. The van der Waals surface area contributed by atoms with Crippen molar-refractivity contribution in [3.63, 3.8) is 0 Å². The minimum absolute atomic E-state index is 0.773. The third-order valence-corrected chi connectivity index (χ3v) is 7.96. The Morgan fingerprint density at radius 1 is 1.14 bits per heavy atom. The molecule has 0 saturated heterocycles. The molecule has 0 saturated carbocycles. The van der Waals surface area contributed by atoms with Gasteiger partial charge in [-0.25, -0.2) is 0 Å². The molecule has 0 spiro atoms. The average Bonchev–Trinajstić information content (AvgIpc) is 1.93. The minimum Gasteiger partial charge on any atom is -0.502 e. The van der Waals surface area contributed by atoms with Gasteiger partial charge >= 0.3 is 0 Å². The van der Waals surface area contributed by atoms with E-state index in [0.717, 1.165) is 13.0 Å². The van der Waals surface area contributed by atoms with Crippen LogP contribution in [0.1, 0.15) is 6.42 Å². The van der Waals surface area contributed by atoms with Gasteiger partial charge in [0.2, 0.25) is 0 Å². The van der Waals surface area contributed by atoms with Crippen LogP contribution in [0.2, 0.25) is 38.8 Å². The number of hydrogen-bond donors (Lipinski definition) is 0. The molecule has 0 fully saturated rings. The highest BCUT2D eigenvalue weighted by atomic mass is 28.4. The fraction of sp³-hybridized carbons (Fsp3) is 0.800. The highest BCUT2D eigenvalue weighted by molar-refractivity contribution is 6.84. The maximum Gasteiger partial charge on any atom is 0.173 e. The third-order valence-electron chi connectivity index (χ3n) is 1.74. The van der Waals surface area contributed by atoms with Crippen LogP contribution in [-0.2, 0) is 8.85 Å². The van der Waals surface area contributed by atoms with Gasteiger partial charge in [0.25, 0.3) is 0 Å². The van der Waals surface area contributed by atoms with Gasteiger partial charge in [0.1, 0.15) is 0 Å². The quantitative estimate of drug-likeness (QED) is 0.379. The molecular formula is C10H24O2Si2. The standard InChI is InChI=1S/C10H24O2Si2/c1-7-11-9-8-10-14(5,6)12-13(2,3)4/h7H,1,8-10H2,2-6H3. The Morgan fingerprint density at radius 2 is 1.71 bits per heavy atom. The molecule has 0 aliphatic carbocycles. The van der Waals surface area contributed by atoms with E-state index >= 15 is 0 Å². The summed E-state index contributed by atoms with van der Waals surface area (Å²) in [4.78, 5) is 0. The molecule has 84 valence electrons. The van der Waals surface area contributed by atoms with Gasteiger partial charge in [-0.2, -0.15) is 0 Å². The van der Waals surface area contributed by atoms with Crippen molar-refractivity contribution in [3.05, 3.63) is 12.8 Å². The molecule has 0 rings (SSSR count). The first-order valence-electron chi connectivity index (χ1n) is 5.19. The van der Waals surface area contributed by atoms with E-state index in [2.05, 4.69) is 39.3 Å². The molecule has 0 bridgehead atoms. The largest absolute Gasteiger partial charge is 0.502 e. The van der Waals surface area contributed by atoms with Crippen molar-refractivity contribution in [2.45, 2.75) is 45.2 Å². The van der Waals surface area contributed by atoms with Crippen LogP contribution in [0.4, 0.5) is 0 Å². The van der Waals surface area contributed by atoms with Crippen molar-refractivity contribution < 1.29 is 8.85 Å². The molecule has 0 aliphatic heterocycles. The molecule has 14 heavy (non-hydrogen) atoms. The normalized spacial score (nSPS) is 12.6. The molecule has 0 unspecified atom stereocenters. The summed E-state index contributed by atoms with van der Waals surface area (Å²) in [6.07, 6.45) is 2.59. The van der Waals surface area contributed by atoms with Crippen molar-refractivity contribution in [2.24, 2.45) is 0 Å². The Morgan fingerprint density at radius 3 is 2.14 bits per heavy atom. The Kier molecular flexibility index (Phi) is 5.70. The highest BCUT2D eigenvalue weighted by Crippen LogP contribution is 2.19. The fourth-order valence-electron chi connectivity index (χ4n) is 1.54. The van der Waals surface area contributed by atoms with E-state index in [1.165, 1.54) is 12.3 Å². The Labute approximate surface area is 90.6 Å². The molecule has 0 heterocycles. The van der Waals surface area contributed by atoms with Crippen molar-refractivity contribution in [1.29, 1.82) is 0 Å². The molecule has 0 radical (unpaired) electrons. The summed E-state index contributed by atoms with van der Waals surface area (Å²) in [6.45, 7) is 15.6. The van der Waals surface area contributed by atoms with Gasteiger partial charge in [-0.15, -0.1) is 0 Å². The summed E-state index contributed by atoms with van der Waals surface area (Å²) < 4.78 is 11.3. The van der Waals surface area contributed by atoms with Gasteiger partial charge in [0, 0.05) is 0 Å². The van der Waals surface area contributed by atoms with Crippen LogP contribution in [0.15, 0.2) is 12.8 Å². The average molecular weight is 232 g/mol. The lowest BCUT2D eigenvalue weighted by atomic mass is 10.5. The van der Waals surface area contributed by atoms with Crippen molar-refractivity contribution in [1.82, 2.24) is 0 Å². The van der Waals surface area contributed by atoms with E-state index in [4.69, 9.17) is 8.85 Å². The van der Waals surface area contributed by atoms with Crippen LogP contribution < -0.4 is 0 Å². The fourth-order valence-corrected chi connectivity index (χ4v) is 9.58. The van der Waals surface area contributed by atoms with Gasteiger partial charge < -0.3 is 8.85 Å². The SMILES string of the molecule is C=COCCC[Si](C)(C)O[Si](C)(C)C. The van der Waals surface area contributed by atoms with Gasteiger partial charge in [0.05, 0.1) is 12.9 Å². The summed E-state index contributed by atoms with van der Waals surface area (Å²) in [6, 6.07) is 1.17. The third kappa shape index (κ3) is 8.53. The van der Waals surface area contributed by atoms with E-state index in [0.29, 0.717) is 0 Å². The lowest BCUT2D eigenvalue weighted by Gasteiger charge is -2.31. The molecule has 0 aliphatic rings. The predicted octanol–water partition coefficient (Wildman–Crippen LogP) is 3.59. The molecule has 0 N–H and O–H groups in total. The molecule has 0 aromatic carbocycles. The van der Waals surface area contributed by atoms with Gasteiger partial charge in [0.15, 0.2) is 16.6 Å². The van der Waals surface area contributed by atoms with E-state index in [1.807, 2.05) is 0 Å². The van der Waals surface area contributed by atoms with Crippen LogP contribution in [0.5, 0.6) is 0 Å². The summed E-state index contributed by atoms with van der Waals surface area (Å²) >= 11 is 0. The van der Waals surface area contributed by atoms with Crippen LogP contribution >= 0.6 is 0 Å². The van der Waals surface area contributed by atoms with E-state index < -0.39 is 16.6 Å². The number of ether oxygens (including phenoxy) is 1. The predicted molar refractivity (Wildman–Crippen MR) is 67.5 cm³/mol. The van der Waals surface area contributed by atoms with Crippen LogP contribution in [-0.4, -0.2) is 23.2 Å². The van der Waals surface area contributed by atoms with Gasteiger partial charge in [-0.3, -0.25) is 0 Å². The first-order chi connectivity index (χ1) is 6.27. The monoisotopic (exact) mass is 232 g/mol. The maximum absolute atomic E-state index is 6.20. The van der Waals surface area contributed by atoms with Crippen LogP contribution in [0.25, 0.3) is 0 Å². The molecule has 4 heteroatoms. The van der Waals surface area contributed by atoms with Crippen molar-refractivity contribution >= 4 is 16.6 Å². The highest BCUT2D eigenvalue weighted by Gasteiger charge is 2.28. The zero-order valence-corrected chi connectivity index (χ0v) is 12.2. The molecule has 0 aromatic rings. The molecule has 0 atom stereocenters.